The number of methoxy groups -OCH3 is 1. The molecular formula is C17H19FN4O2. The van der Waals surface area contributed by atoms with Crippen LogP contribution in [0, 0.1) is 5.82 Å². The third-order valence-electron chi connectivity index (χ3n) is 4.11. The van der Waals surface area contributed by atoms with E-state index in [-0.39, 0.29) is 11.4 Å². The second-order valence-electron chi connectivity index (χ2n) is 5.70. The summed E-state index contributed by atoms with van der Waals surface area (Å²) in [5.74, 6) is -0.426. The minimum Gasteiger partial charge on any atom is -0.465 e. The van der Waals surface area contributed by atoms with Crippen LogP contribution in [-0.4, -0.2) is 36.1 Å². The molecule has 1 aromatic carbocycles. The van der Waals surface area contributed by atoms with E-state index in [0.29, 0.717) is 11.3 Å². The first-order chi connectivity index (χ1) is 11.6. The van der Waals surface area contributed by atoms with Crippen molar-refractivity contribution in [2.45, 2.75) is 19.3 Å². The molecule has 2 aromatic rings. The molecule has 2 heterocycles. The van der Waals surface area contributed by atoms with E-state index in [4.69, 9.17) is 5.73 Å². The van der Waals surface area contributed by atoms with Crippen molar-refractivity contribution in [2.24, 2.45) is 0 Å². The molecule has 0 unspecified atom stereocenters. The Labute approximate surface area is 139 Å². The number of ether oxygens (including phenoxy) is 1. The highest BCUT2D eigenvalue weighted by Gasteiger charge is 2.17. The number of piperidine rings is 1. The summed E-state index contributed by atoms with van der Waals surface area (Å²) in [6.45, 7) is 1.88. The molecule has 0 bridgehead atoms. The van der Waals surface area contributed by atoms with E-state index in [1.807, 2.05) is 0 Å². The quantitative estimate of drug-likeness (QED) is 0.871. The Bertz CT molecular complexity index is 760. The second kappa shape index (κ2) is 6.82. The summed E-state index contributed by atoms with van der Waals surface area (Å²) < 4.78 is 18.6. The van der Waals surface area contributed by atoms with E-state index in [0.717, 1.165) is 31.7 Å². The molecule has 6 nitrogen and oxygen atoms in total. The van der Waals surface area contributed by atoms with Crippen molar-refractivity contribution in [1.29, 1.82) is 0 Å². The zero-order valence-electron chi connectivity index (χ0n) is 13.5. The fraction of sp³-hybridized carbons (Fsp3) is 0.353. The maximum absolute atomic E-state index is 14.1. The van der Waals surface area contributed by atoms with Gasteiger partial charge >= 0.3 is 5.97 Å². The molecule has 2 N–H and O–H groups in total. The maximum Gasteiger partial charge on any atom is 0.340 e. The maximum atomic E-state index is 14.1. The van der Waals surface area contributed by atoms with Gasteiger partial charge in [0.2, 0.25) is 0 Å². The van der Waals surface area contributed by atoms with Gasteiger partial charge in [-0.25, -0.2) is 19.2 Å². The Morgan fingerprint density at radius 1 is 1.29 bits per heavy atom. The normalized spacial score (nSPS) is 14.5. The van der Waals surface area contributed by atoms with Crippen LogP contribution in [0.25, 0.3) is 11.3 Å². The molecule has 3 rings (SSSR count). The van der Waals surface area contributed by atoms with Gasteiger partial charge in [-0.1, -0.05) is 6.07 Å². The summed E-state index contributed by atoms with van der Waals surface area (Å²) in [6, 6.07) is 4.15. The van der Waals surface area contributed by atoms with Gasteiger partial charge in [-0.05, 0) is 31.4 Å². The SMILES string of the molecule is COC(=O)c1ccc(-c2ncc(N3CCCCC3)nc2N)cc1F. The van der Waals surface area contributed by atoms with Gasteiger partial charge in [-0.15, -0.1) is 0 Å². The topological polar surface area (TPSA) is 81.3 Å². The molecule has 0 aliphatic carbocycles. The first-order valence-corrected chi connectivity index (χ1v) is 7.86. The Balaban J connectivity index is 1.89. The number of hydrogen-bond donors (Lipinski definition) is 1. The number of halogens is 1. The molecule has 0 radical (unpaired) electrons. The Morgan fingerprint density at radius 3 is 2.67 bits per heavy atom. The first kappa shape index (κ1) is 16.2. The standard InChI is InChI=1S/C17H19FN4O2/c1-24-17(23)12-6-5-11(9-13(12)18)15-16(19)21-14(10-20-15)22-7-3-2-4-8-22/h5-6,9-10H,2-4,7-8H2,1H3,(H2,19,21). The number of nitrogen functional groups attached to an aromatic ring is 1. The largest absolute Gasteiger partial charge is 0.465 e. The molecule has 1 fully saturated rings. The van der Waals surface area contributed by atoms with Gasteiger partial charge in [-0.2, -0.15) is 0 Å². The lowest BCUT2D eigenvalue weighted by atomic mass is 10.1. The van der Waals surface area contributed by atoms with Gasteiger partial charge in [0.05, 0.1) is 18.9 Å². The molecule has 0 saturated carbocycles. The van der Waals surface area contributed by atoms with Gasteiger partial charge in [-0.3, -0.25) is 0 Å². The molecule has 1 aromatic heterocycles. The molecule has 1 aliphatic heterocycles. The van der Waals surface area contributed by atoms with Gasteiger partial charge < -0.3 is 15.4 Å². The van der Waals surface area contributed by atoms with Crippen molar-refractivity contribution in [2.75, 3.05) is 30.8 Å². The fourth-order valence-corrected chi connectivity index (χ4v) is 2.83. The predicted molar refractivity (Wildman–Crippen MR) is 89.2 cm³/mol. The Kier molecular flexibility index (Phi) is 4.59. The number of rotatable bonds is 3. The number of hydrogen-bond acceptors (Lipinski definition) is 6. The highest BCUT2D eigenvalue weighted by Crippen LogP contribution is 2.27. The van der Waals surface area contributed by atoms with E-state index in [2.05, 4.69) is 19.6 Å². The number of nitrogens with two attached hydrogens (primary N) is 1. The fourth-order valence-electron chi connectivity index (χ4n) is 2.83. The zero-order valence-corrected chi connectivity index (χ0v) is 13.5. The van der Waals surface area contributed by atoms with Gasteiger partial charge in [0.1, 0.15) is 17.3 Å². The monoisotopic (exact) mass is 330 g/mol. The van der Waals surface area contributed by atoms with Crippen LogP contribution < -0.4 is 10.6 Å². The van der Waals surface area contributed by atoms with Crippen LogP contribution >= 0.6 is 0 Å². The molecule has 126 valence electrons. The van der Waals surface area contributed by atoms with Gasteiger partial charge in [0.25, 0.3) is 0 Å². The Morgan fingerprint density at radius 2 is 2.04 bits per heavy atom. The lowest BCUT2D eigenvalue weighted by Crippen LogP contribution is -2.30. The van der Waals surface area contributed by atoms with E-state index >= 15 is 0 Å². The second-order valence-corrected chi connectivity index (χ2v) is 5.70. The number of esters is 1. The zero-order chi connectivity index (χ0) is 17.1. The first-order valence-electron chi connectivity index (χ1n) is 7.86. The van der Waals surface area contributed by atoms with Crippen LogP contribution in [-0.2, 0) is 4.74 Å². The van der Waals surface area contributed by atoms with Crippen molar-refractivity contribution in [3.05, 3.63) is 35.8 Å². The third kappa shape index (κ3) is 3.15. The van der Waals surface area contributed by atoms with Crippen molar-refractivity contribution in [3.8, 4) is 11.3 Å². The molecule has 0 atom stereocenters. The summed E-state index contributed by atoms with van der Waals surface area (Å²) in [4.78, 5) is 22.3. The predicted octanol–water partition coefficient (Wildman–Crippen LogP) is 2.64. The summed E-state index contributed by atoms with van der Waals surface area (Å²) in [7, 11) is 1.21. The van der Waals surface area contributed by atoms with E-state index in [9.17, 15) is 9.18 Å². The van der Waals surface area contributed by atoms with Crippen molar-refractivity contribution < 1.29 is 13.9 Å². The van der Waals surface area contributed by atoms with Crippen molar-refractivity contribution >= 4 is 17.6 Å². The average Bonchev–Trinajstić information content (AvgIpc) is 2.61. The molecule has 1 aliphatic rings. The number of nitrogens with zero attached hydrogens (tertiary/aromatic N) is 3. The molecule has 24 heavy (non-hydrogen) atoms. The van der Waals surface area contributed by atoms with E-state index in [1.54, 1.807) is 12.3 Å². The highest BCUT2D eigenvalue weighted by atomic mass is 19.1. The number of carbonyl (C=O) groups is 1. The number of aromatic nitrogens is 2. The summed E-state index contributed by atoms with van der Waals surface area (Å²) in [5.41, 5.74) is 6.76. The number of carbonyl (C=O) groups excluding carboxylic acids is 1. The van der Waals surface area contributed by atoms with Gasteiger partial charge in [0, 0.05) is 18.7 Å². The molecule has 1 saturated heterocycles. The summed E-state index contributed by atoms with van der Waals surface area (Å²) in [5, 5.41) is 0. The van der Waals surface area contributed by atoms with Crippen LogP contribution in [0.2, 0.25) is 0 Å². The van der Waals surface area contributed by atoms with Crippen LogP contribution in [0.5, 0.6) is 0 Å². The average molecular weight is 330 g/mol. The minimum atomic E-state index is -0.724. The Hall–Kier alpha value is -2.70. The lowest BCUT2D eigenvalue weighted by Gasteiger charge is -2.27. The smallest absolute Gasteiger partial charge is 0.340 e. The summed E-state index contributed by atoms with van der Waals surface area (Å²) in [6.07, 6.45) is 5.14. The molecule has 0 spiro atoms. The molecular weight excluding hydrogens is 311 g/mol. The van der Waals surface area contributed by atoms with Crippen LogP contribution in [0.4, 0.5) is 16.0 Å². The van der Waals surface area contributed by atoms with Crippen molar-refractivity contribution in [1.82, 2.24) is 9.97 Å². The lowest BCUT2D eigenvalue weighted by molar-refractivity contribution is 0.0595. The number of benzene rings is 1. The highest BCUT2D eigenvalue weighted by molar-refractivity contribution is 5.90. The molecule has 0 amide bonds. The third-order valence-corrected chi connectivity index (χ3v) is 4.11. The van der Waals surface area contributed by atoms with Crippen LogP contribution in [0.15, 0.2) is 24.4 Å². The molecule has 7 heteroatoms. The van der Waals surface area contributed by atoms with Crippen LogP contribution in [0.1, 0.15) is 29.6 Å². The van der Waals surface area contributed by atoms with E-state index in [1.165, 1.54) is 25.7 Å². The minimum absolute atomic E-state index is 0.127. The number of anilines is 2. The van der Waals surface area contributed by atoms with E-state index < -0.39 is 11.8 Å². The van der Waals surface area contributed by atoms with Crippen molar-refractivity contribution in [3.63, 3.8) is 0 Å². The van der Waals surface area contributed by atoms with Gasteiger partial charge in [0.15, 0.2) is 5.82 Å². The summed E-state index contributed by atoms with van der Waals surface area (Å²) >= 11 is 0. The van der Waals surface area contributed by atoms with Crippen LogP contribution in [0.3, 0.4) is 0 Å².